The van der Waals surface area contributed by atoms with Crippen molar-refractivity contribution in [3.63, 3.8) is 0 Å². The van der Waals surface area contributed by atoms with Crippen LogP contribution in [0.15, 0.2) is 82.1 Å². The zero-order valence-corrected chi connectivity index (χ0v) is 26.7. The Balaban J connectivity index is 1.40. The second kappa shape index (κ2) is 14.1. The number of piperazine rings is 1. The number of esters is 1. The molecule has 3 aromatic carbocycles. The molecular formula is C34H39N3O7S. The average molecular weight is 634 g/mol. The summed E-state index contributed by atoms with van der Waals surface area (Å²) < 4.78 is 46.0. The van der Waals surface area contributed by atoms with Gasteiger partial charge in [-0.2, -0.15) is 0 Å². The fourth-order valence-corrected chi connectivity index (χ4v) is 6.89. The number of rotatable bonds is 11. The first-order valence-corrected chi connectivity index (χ1v) is 16.7. The molecule has 45 heavy (non-hydrogen) atoms. The molecule has 0 spiro atoms. The van der Waals surface area contributed by atoms with E-state index in [0.29, 0.717) is 61.4 Å². The molecule has 0 atom stereocenters. The Hall–Kier alpha value is -4.51. The Labute approximate surface area is 264 Å². The summed E-state index contributed by atoms with van der Waals surface area (Å²) in [6, 6.07) is 21.9. The van der Waals surface area contributed by atoms with E-state index in [-0.39, 0.29) is 29.9 Å². The lowest BCUT2D eigenvalue weighted by Gasteiger charge is -2.35. The molecular weight excluding hydrogens is 594 g/mol. The van der Waals surface area contributed by atoms with Crippen LogP contribution >= 0.6 is 0 Å². The van der Waals surface area contributed by atoms with E-state index < -0.39 is 16.0 Å². The zero-order valence-electron chi connectivity index (χ0n) is 25.9. The van der Waals surface area contributed by atoms with Crippen molar-refractivity contribution in [1.29, 1.82) is 0 Å². The summed E-state index contributed by atoms with van der Waals surface area (Å²) in [6.45, 7) is 8.63. The van der Waals surface area contributed by atoms with Gasteiger partial charge < -0.3 is 23.7 Å². The Morgan fingerprint density at radius 1 is 0.911 bits per heavy atom. The topological polar surface area (TPSA) is 110 Å². The van der Waals surface area contributed by atoms with Gasteiger partial charge in [0, 0.05) is 49.4 Å². The third kappa shape index (κ3) is 7.09. The number of ether oxygens (including phenoxy) is 2. The summed E-state index contributed by atoms with van der Waals surface area (Å²) in [6.07, 6.45) is 1.01. The number of amides is 1. The number of furan rings is 1. The third-order valence-corrected chi connectivity index (χ3v) is 9.70. The molecule has 1 aromatic heterocycles. The van der Waals surface area contributed by atoms with Gasteiger partial charge in [0.25, 0.3) is 10.0 Å². The summed E-state index contributed by atoms with van der Waals surface area (Å²) in [5.74, 6) is -0.519. The van der Waals surface area contributed by atoms with Crippen LogP contribution in [-0.4, -0.2) is 71.3 Å². The first kappa shape index (κ1) is 31.9. The Bertz CT molecular complexity index is 1730. The minimum atomic E-state index is -4.01. The fourth-order valence-electron chi connectivity index (χ4n) is 5.40. The largest absolute Gasteiger partial charge is 0.460 e. The van der Waals surface area contributed by atoms with Crippen LogP contribution in [0.1, 0.15) is 41.9 Å². The number of benzene rings is 3. The van der Waals surface area contributed by atoms with Crippen LogP contribution < -0.4 is 9.21 Å². The van der Waals surface area contributed by atoms with Crippen molar-refractivity contribution in [3.8, 4) is 0 Å². The lowest BCUT2D eigenvalue weighted by atomic mass is 10.1. The van der Waals surface area contributed by atoms with Gasteiger partial charge in [0.1, 0.15) is 5.58 Å². The van der Waals surface area contributed by atoms with Crippen LogP contribution in [0.5, 0.6) is 0 Å². The van der Waals surface area contributed by atoms with E-state index in [4.69, 9.17) is 13.9 Å². The van der Waals surface area contributed by atoms with Crippen LogP contribution in [0.2, 0.25) is 0 Å². The minimum absolute atomic E-state index is 0.0663. The van der Waals surface area contributed by atoms with Crippen LogP contribution in [0, 0.1) is 6.92 Å². The number of sulfonamides is 1. The molecule has 5 rings (SSSR count). The van der Waals surface area contributed by atoms with Crippen molar-refractivity contribution in [1.82, 2.24) is 4.90 Å². The van der Waals surface area contributed by atoms with Gasteiger partial charge in [0.2, 0.25) is 5.76 Å². The smallest absolute Gasteiger partial charge is 0.409 e. The Kier molecular flexibility index (Phi) is 9.97. The summed E-state index contributed by atoms with van der Waals surface area (Å²) in [5, 5.41) is 0.537. The number of fused-ring (bicyclic) bond motifs is 1. The highest BCUT2D eigenvalue weighted by atomic mass is 32.2. The number of carbonyl (C=O) groups excluding carboxylic acids is 2. The van der Waals surface area contributed by atoms with Gasteiger partial charge >= 0.3 is 12.1 Å². The average Bonchev–Trinajstić information content (AvgIpc) is 3.40. The molecule has 238 valence electrons. The Morgan fingerprint density at radius 2 is 1.62 bits per heavy atom. The quantitative estimate of drug-likeness (QED) is 0.184. The number of carbonyl (C=O) groups is 2. The van der Waals surface area contributed by atoms with Gasteiger partial charge in [-0.25, -0.2) is 18.0 Å². The highest BCUT2D eigenvalue weighted by Gasteiger charge is 2.28. The van der Waals surface area contributed by atoms with E-state index in [1.807, 2.05) is 61.5 Å². The van der Waals surface area contributed by atoms with Crippen LogP contribution in [0.4, 0.5) is 16.2 Å². The van der Waals surface area contributed by atoms with Crippen molar-refractivity contribution in [2.75, 3.05) is 55.1 Å². The van der Waals surface area contributed by atoms with Crippen molar-refractivity contribution < 1.29 is 31.9 Å². The van der Waals surface area contributed by atoms with Crippen LogP contribution in [-0.2, 0) is 25.9 Å². The fraction of sp³-hybridized carbons (Fsp3) is 0.353. The van der Waals surface area contributed by atoms with E-state index in [2.05, 4.69) is 4.90 Å². The second-order valence-corrected chi connectivity index (χ2v) is 12.7. The molecule has 1 saturated heterocycles. The lowest BCUT2D eigenvalue weighted by molar-refractivity contribution is 0.0491. The summed E-state index contributed by atoms with van der Waals surface area (Å²) in [5.41, 5.74) is 3.44. The minimum Gasteiger partial charge on any atom is -0.460 e. The van der Waals surface area contributed by atoms with Crippen molar-refractivity contribution in [2.45, 2.75) is 38.5 Å². The van der Waals surface area contributed by atoms with Gasteiger partial charge in [-0.05, 0) is 74.7 Å². The molecule has 0 N–H and O–H groups in total. The number of aryl methyl sites for hydroxylation is 1. The maximum Gasteiger partial charge on any atom is 0.409 e. The molecule has 11 heteroatoms. The normalized spacial score (nSPS) is 13.6. The standard InChI is InChI=1S/C34H39N3O7S/c1-4-23-43-34(39)36-21-19-35(20-22-36)27-11-13-28(14-12-27)37(18-17-26-9-7-6-8-10-26)45(40,41)29-15-16-31-30(24-29)25(3)32(44-31)33(38)42-5-2/h6-16,24H,4-5,17-23H2,1-3H3. The van der Waals surface area contributed by atoms with E-state index in [1.165, 1.54) is 10.4 Å². The van der Waals surface area contributed by atoms with E-state index >= 15 is 0 Å². The highest BCUT2D eigenvalue weighted by Crippen LogP contribution is 2.32. The number of anilines is 2. The first-order chi connectivity index (χ1) is 21.7. The zero-order chi connectivity index (χ0) is 32.0. The predicted octanol–water partition coefficient (Wildman–Crippen LogP) is 6.02. The van der Waals surface area contributed by atoms with Crippen molar-refractivity contribution >= 4 is 44.4 Å². The van der Waals surface area contributed by atoms with E-state index in [1.54, 1.807) is 30.9 Å². The molecule has 0 bridgehead atoms. The van der Waals surface area contributed by atoms with Crippen molar-refractivity contribution in [2.24, 2.45) is 0 Å². The molecule has 1 aliphatic rings. The van der Waals surface area contributed by atoms with Gasteiger partial charge in [-0.15, -0.1) is 0 Å². The molecule has 0 aliphatic carbocycles. The summed E-state index contributed by atoms with van der Waals surface area (Å²) >= 11 is 0. The number of hydrogen-bond acceptors (Lipinski definition) is 8. The van der Waals surface area contributed by atoms with Crippen LogP contribution in [0.3, 0.4) is 0 Å². The molecule has 1 aliphatic heterocycles. The molecule has 1 amide bonds. The lowest BCUT2D eigenvalue weighted by Crippen LogP contribution is -2.49. The molecule has 0 saturated carbocycles. The Morgan fingerprint density at radius 3 is 2.29 bits per heavy atom. The summed E-state index contributed by atoms with van der Waals surface area (Å²) in [4.78, 5) is 28.6. The summed E-state index contributed by atoms with van der Waals surface area (Å²) in [7, 11) is -4.01. The number of hydrogen-bond donors (Lipinski definition) is 0. The van der Waals surface area contributed by atoms with E-state index in [0.717, 1.165) is 17.7 Å². The van der Waals surface area contributed by atoms with Crippen LogP contribution in [0.25, 0.3) is 11.0 Å². The molecule has 0 radical (unpaired) electrons. The van der Waals surface area contributed by atoms with Crippen molar-refractivity contribution in [3.05, 3.63) is 89.7 Å². The molecule has 1 fully saturated rings. The van der Waals surface area contributed by atoms with Gasteiger partial charge in [-0.1, -0.05) is 37.3 Å². The third-order valence-electron chi connectivity index (χ3n) is 7.87. The highest BCUT2D eigenvalue weighted by molar-refractivity contribution is 7.92. The van der Waals surface area contributed by atoms with E-state index in [9.17, 15) is 18.0 Å². The molecule has 4 aromatic rings. The molecule has 2 heterocycles. The second-order valence-electron chi connectivity index (χ2n) is 10.9. The number of nitrogens with zero attached hydrogens (tertiary/aromatic N) is 3. The molecule has 10 nitrogen and oxygen atoms in total. The first-order valence-electron chi connectivity index (χ1n) is 15.3. The maximum absolute atomic E-state index is 14.3. The predicted molar refractivity (Wildman–Crippen MR) is 173 cm³/mol. The van der Waals surface area contributed by atoms with Gasteiger partial charge in [0.05, 0.1) is 23.8 Å². The molecule has 0 unspecified atom stereocenters. The SMILES string of the molecule is CCCOC(=O)N1CCN(c2ccc(N(CCc3ccccc3)S(=O)(=O)c3ccc4oc(C(=O)OCC)c(C)c4c3)cc2)CC1. The maximum atomic E-state index is 14.3. The monoisotopic (exact) mass is 633 g/mol. The van der Waals surface area contributed by atoms with Gasteiger partial charge in [-0.3, -0.25) is 4.31 Å². The van der Waals surface area contributed by atoms with Gasteiger partial charge in [0.15, 0.2) is 0 Å².